The van der Waals surface area contributed by atoms with E-state index in [1.807, 2.05) is 42.6 Å². The van der Waals surface area contributed by atoms with Crippen molar-refractivity contribution in [2.45, 2.75) is 0 Å². The van der Waals surface area contributed by atoms with Gasteiger partial charge in [-0.15, -0.1) is 0 Å². The maximum Gasteiger partial charge on any atom is 0.154 e. The Labute approximate surface area is 71.9 Å². The Hall–Kier alpha value is -1.51. The Morgan fingerprint density at radius 1 is 1.33 bits per heavy atom. The van der Waals surface area contributed by atoms with Crippen molar-refractivity contribution in [3.63, 3.8) is 0 Å². The Kier molecular flexibility index (Phi) is 1.50. The monoisotopic (exact) mass is 161 g/mol. The number of aromatic nitrogens is 1. The maximum absolute atomic E-state index is 4.28. The van der Waals surface area contributed by atoms with E-state index in [4.69, 9.17) is 0 Å². The minimum atomic E-state index is 1.00. The number of hydrogen-bond donors (Lipinski definition) is 0. The van der Waals surface area contributed by atoms with Gasteiger partial charge in [-0.1, -0.05) is 0 Å². The van der Waals surface area contributed by atoms with Gasteiger partial charge in [0.1, 0.15) is 0 Å². The summed E-state index contributed by atoms with van der Waals surface area (Å²) in [5, 5.41) is 4.00. The second-order valence-electron chi connectivity index (χ2n) is 2.83. The average Bonchev–Trinajstić information content (AvgIpc) is 2.12. The second-order valence-corrected chi connectivity index (χ2v) is 2.83. The van der Waals surface area contributed by atoms with Gasteiger partial charge in [0, 0.05) is 32.1 Å². The van der Waals surface area contributed by atoms with Crippen LogP contribution in [0.1, 0.15) is 5.56 Å². The van der Waals surface area contributed by atoms with Crippen molar-refractivity contribution in [2.75, 3.05) is 19.1 Å². The van der Waals surface area contributed by atoms with Crippen LogP contribution in [0.3, 0.4) is 0 Å². The third kappa shape index (κ3) is 0.942. The number of fused-ring (bicyclic) bond motifs is 1. The molecule has 0 aliphatic carbocycles. The van der Waals surface area contributed by atoms with Gasteiger partial charge in [-0.25, -0.2) is 4.98 Å². The largest absolute Gasteiger partial charge is 0.295 e. The molecule has 3 nitrogen and oxygen atoms in total. The molecular weight excluding hydrogens is 150 g/mol. The van der Waals surface area contributed by atoms with Crippen LogP contribution in [0.2, 0.25) is 0 Å². The molecule has 2 heterocycles. The molecule has 0 aromatic carbocycles. The molecule has 1 aliphatic rings. The first-order valence-electron chi connectivity index (χ1n) is 3.89. The molecule has 0 atom stereocenters. The highest BCUT2D eigenvalue weighted by atomic mass is 15.6. The van der Waals surface area contributed by atoms with Crippen LogP contribution in [0, 0.1) is 0 Å². The molecule has 0 radical (unpaired) electrons. The topological polar surface area (TPSA) is 19.4 Å². The molecule has 12 heavy (non-hydrogen) atoms. The Bertz CT molecular complexity index is 319. The predicted octanol–water partition coefficient (Wildman–Crippen LogP) is 1.35. The predicted molar refractivity (Wildman–Crippen MR) is 49.4 cm³/mol. The first-order valence-corrected chi connectivity index (χ1v) is 3.89. The first-order chi connectivity index (χ1) is 5.79. The molecule has 2 rings (SSSR count). The molecule has 3 heteroatoms. The van der Waals surface area contributed by atoms with Crippen LogP contribution in [0.25, 0.3) is 6.08 Å². The molecule has 1 aromatic rings. The van der Waals surface area contributed by atoms with E-state index >= 15 is 0 Å². The lowest BCUT2D eigenvalue weighted by atomic mass is 10.2. The maximum atomic E-state index is 4.28. The summed E-state index contributed by atoms with van der Waals surface area (Å²) in [6, 6.07) is 4.00. The second kappa shape index (κ2) is 2.52. The van der Waals surface area contributed by atoms with E-state index < -0.39 is 0 Å². The molecule has 0 bridgehead atoms. The van der Waals surface area contributed by atoms with Crippen molar-refractivity contribution >= 4 is 11.9 Å². The SMILES string of the molecule is CN1C=Cc2cccnc2N1C. The van der Waals surface area contributed by atoms with Crippen molar-refractivity contribution in [1.82, 2.24) is 9.99 Å². The van der Waals surface area contributed by atoms with Gasteiger partial charge in [-0.05, 0) is 18.2 Å². The van der Waals surface area contributed by atoms with Crippen LogP contribution in [0.5, 0.6) is 0 Å². The van der Waals surface area contributed by atoms with E-state index in [-0.39, 0.29) is 0 Å². The minimum Gasteiger partial charge on any atom is -0.295 e. The highest BCUT2D eigenvalue weighted by molar-refractivity contribution is 5.65. The summed E-state index contributed by atoms with van der Waals surface area (Å²) in [5.41, 5.74) is 1.16. The molecule has 1 aliphatic heterocycles. The van der Waals surface area contributed by atoms with Gasteiger partial charge in [-0.3, -0.25) is 10.0 Å². The van der Waals surface area contributed by atoms with Gasteiger partial charge in [0.05, 0.1) is 0 Å². The van der Waals surface area contributed by atoms with Gasteiger partial charge >= 0.3 is 0 Å². The Balaban J connectivity index is 2.52. The molecule has 0 unspecified atom stereocenters. The zero-order chi connectivity index (χ0) is 8.55. The van der Waals surface area contributed by atoms with E-state index in [1.54, 1.807) is 0 Å². The smallest absolute Gasteiger partial charge is 0.154 e. The fourth-order valence-corrected chi connectivity index (χ4v) is 1.25. The van der Waals surface area contributed by atoms with Gasteiger partial charge in [0.15, 0.2) is 5.82 Å². The number of hydrazine groups is 1. The number of rotatable bonds is 0. The summed E-state index contributed by atoms with van der Waals surface area (Å²) < 4.78 is 0. The fourth-order valence-electron chi connectivity index (χ4n) is 1.25. The molecular formula is C9H11N3. The van der Waals surface area contributed by atoms with E-state index in [2.05, 4.69) is 17.1 Å². The average molecular weight is 161 g/mol. The van der Waals surface area contributed by atoms with Crippen LogP contribution < -0.4 is 5.01 Å². The number of hydrogen-bond acceptors (Lipinski definition) is 3. The molecule has 1 aromatic heterocycles. The number of nitrogens with zero attached hydrogens (tertiary/aromatic N) is 3. The zero-order valence-electron chi connectivity index (χ0n) is 7.23. The van der Waals surface area contributed by atoms with Crippen molar-refractivity contribution in [3.05, 3.63) is 30.1 Å². The molecule has 0 spiro atoms. The summed E-state index contributed by atoms with van der Waals surface area (Å²) in [4.78, 5) is 4.28. The van der Waals surface area contributed by atoms with Gasteiger partial charge in [-0.2, -0.15) is 0 Å². The van der Waals surface area contributed by atoms with E-state index in [0.29, 0.717) is 0 Å². The van der Waals surface area contributed by atoms with E-state index in [9.17, 15) is 0 Å². The molecule has 0 amide bonds. The Morgan fingerprint density at radius 2 is 2.17 bits per heavy atom. The fraction of sp³-hybridized carbons (Fsp3) is 0.222. The van der Waals surface area contributed by atoms with E-state index in [1.165, 1.54) is 0 Å². The summed E-state index contributed by atoms with van der Waals surface area (Å²) in [5.74, 6) is 1.00. The molecule has 0 saturated carbocycles. The van der Waals surface area contributed by atoms with Crippen LogP contribution in [0.15, 0.2) is 24.5 Å². The summed E-state index contributed by atoms with van der Waals surface area (Å²) >= 11 is 0. The van der Waals surface area contributed by atoms with Crippen molar-refractivity contribution < 1.29 is 0 Å². The molecule has 0 fully saturated rings. The normalized spacial score (nSPS) is 14.8. The van der Waals surface area contributed by atoms with Crippen LogP contribution in [0.4, 0.5) is 5.82 Å². The van der Waals surface area contributed by atoms with Crippen LogP contribution in [-0.4, -0.2) is 24.1 Å². The van der Waals surface area contributed by atoms with E-state index in [0.717, 1.165) is 11.4 Å². The third-order valence-corrected chi connectivity index (χ3v) is 2.07. The highest BCUT2D eigenvalue weighted by Gasteiger charge is 2.12. The van der Waals surface area contributed by atoms with Gasteiger partial charge < -0.3 is 0 Å². The van der Waals surface area contributed by atoms with Crippen LogP contribution >= 0.6 is 0 Å². The minimum absolute atomic E-state index is 1.00. The van der Waals surface area contributed by atoms with Crippen molar-refractivity contribution in [2.24, 2.45) is 0 Å². The third-order valence-electron chi connectivity index (χ3n) is 2.07. The van der Waals surface area contributed by atoms with Crippen molar-refractivity contribution in [3.8, 4) is 0 Å². The molecule has 62 valence electrons. The first kappa shape index (κ1) is 7.16. The van der Waals surface area contributed by atoms with Crippen molar-refractivity contribution in [1.29, 1.82) is 0 Å². The number of pyridine rings is 1. The quantitative estimate of drug-likeness (QED) is 0.572. The van der Waals surface area contributed by atoms with Gasteiger partial charge in [0.25, 0.3) is 0 Å². The zero-order valence-corrected chi connectivity index (χ0v) is 7.23. The van der Waals surface area contributed by atoms with Crippen LogP contribution in [-0.2, 0) is 0 Å². The molecule has 0 saturated heterocycles. The lowest BCUT2D eigenvalue weighted by molar-refractivity contribution is 0.437. The lowest BCUT2D eigenvalue weighted by Gasteiger charge is -2.31. The molecule has 0 N–H and O–H groups in total. The lowest BCUT2D eigenvalue weighted by Crippen LogP contribution is -2.35. The van der Waals surface area contributed by atoms with Gasteiger partial charge in [0.2, 0.25) is 0 Å². The summed E-state index contributed by atoms with van der Waals surface area (Å²) in [6.45, 7) is 0. The summed E-state index contributed by atoms with van der Waals surface area (Å²) in [6.07, 6.45) is 5.88. The highest BCUT2D eigenvalue weighted by Crippen LogP contribution is 2.22. The standard InChI is InChI=1S/C9H11N3/c1-11-7-5-8-4-3-6-10-9(8)12(11)2/h3-7H,1-2H3. The Morgan fingerprint density at radius 3 is 3.00 bits per heavy atom. The number of anilines is 1. The summed E-state index contributed by atoms with van der Waals surface area (Å²) in [7, 11) is 3.99.